The number of benzene rings is 2. The first-order valence-corrected chi connectivity index (χ1v) is 7.30. The number of hydrogen-bond donors (Lipinski definition) is 2. The Morgan fingerprint density at radius 1 is 1.24 bits per heavy atom. The third kappa shape index (κ3) is 3.83. The molecule has 0 aliphatic rings. The van der Waals surface area contributed by atoms with E-state index in [-0.39, 0.29) is 5.91 Å². The van der Waals surface area contributed by atoms with Crippen LogP contribution in [0.25, 0.3) is 0 Å². The summed E-state index contributed by atoms with van der Waals surface area (Å²) >= 11 is 3.45. The third-order valence-corrected chi connectivity index (χ3v) is 3.91. The van der Waals surface area contributed by atoms with E-state index >= 15 is 0 Å². The predicted molar refractivity (Wildman–Crippen MR) is 86.0 cm³/mol. The van der Waals surface area contributed by atoms with Gasteiger partial charge in [0.05, 0.1) is 0 Å². The normalized spacial score (nSPS) is 10.3. The third-order valence-electron chi connectivity index (χ3n) is 3.17. The van der Waals surface area contributed by atoms with Crippen LogP contribution in [0.2, 0.25) is 0 Å². The average molecular weight is 349 g/mol. The van der Waals surface area contributed by atoms with Crippen LogP contribution in [0.5, 0.6) is 5.75 Å². The largest absolute Gasteiger partial charge is 0.489 e. The SMILES string of the molecule is Cc1ccc(C)c(OCc2ccc(C(=O)NN)cc2Br)c1. The number of carbonyl (C=O) groups is 1. The van der Waals surface area contributed by atoms with E-state index < -0.39 is 0 Å². The van der Waals surface area contributed by atoms with Gasteiger partial charge in [0.15, 0.2) is 0 Å². The molecule has 0 fully saturated rings. The second-order valence-corrected chi connectivity index (χ2v) is 5.69. The van der Waals surface area contributed by atoms with E-state index in [1.807, 2.05) is 32.0 Å². The maximum absolute atomic E-state index is 11.5. The van der Waals surface area contributed by atoms with Crippen molar-refractivity contribution in [3.8, 4) is 5.75 Å². The highest BCUT2D eigenvalue weighted by atomic mass is 79.9. The molecule has 0 atom stereocenters. The topological polar surface area (TPSA) is 64.3 Å². The first kappa shape index (κ1) is 15.5. The van der Waals surface area contributed by atoms with Crippen molar-refractivity contribution in [3.05, 3.63) is 63.1 Å². The highest BCUT2D eigenvalue weighted by Crippen LogP contribution is 2.23. The number of nitrogen functional groups attached to an aromatic ring is 1. The van der Waals surface area contributed by atoms with Crippen LogP contribution >= 0.6 is 15.9 Å². The Bertz CT molecular complexity index is 671. The number of rotatable bonds is 4. The van der Waals surface area contributed by atoms with E-state index in [9.17, 15) is 4.79 Å². The van der Waals surface area contributed by atoms with Crippen LogP contribution in [0.3, 0.4) is 0 Å². The Hall–Kier alpha value is -1.85. The van der Waals surface area contributed by atoms with E-state index in [4.69, 9.17) is 10.6 Å². The minimum Gasteiger partial charge on any atom is -0.489 e. The molecule has 3 N–H and O–H groups in total. The molecule has 2 aromatic rings. The summed E-state index contributed by atoms with van der Waals surface area (Å²) in [6, 6.07) is 11.4. The maximum Gasteiger partial charge on any atom is 0.265 e. The molecule has 110 valence electrons. The summed E-state index contributed by atoms with van der Waals surface area (Å²) in [5.74, 6) is 5.66. The lowest BCUT2D eigenvalue weighted by atomic mass is 10.1. The van der Waals surface area contributed by atoms with Crippen LogP contribution < -0.4 is 16.0 Å². The van der Waals surface area contributed by atoms with Crippen LogP contribution in [0.15, 0.2) is 40.9 Å². The van der Waals surface area contributed by atoms with Crippen LogP contribution in [0, 0.1) is 13.8 Å². The van der Waals surface area contributed by atoms with E-state index in [1.54, 1.807) is 12.1 Å². The lowest BCUT2D eigenvalue weighted by Gasteiger charge is -2.12. The summed E-state index contributed by atoms with van der Waals surface area (Å²) in [7, 11) is 0. The van der Waals surface area contributed by atoms with Gasteiger partial charge in [0.2, 0.25) is 0 Å². The Morgan fingerprint density at radius 3 is 2.67 bits per heavy atom. The maximum atomic E-state index is 11.5. The molecule has 0 saturated carbocycles. The second kappa shape index (κ2) is 6.74. The number of hydrazine groups is 1. The van der Waals surface area contributed by atoms with E-state index in [2.05, 4.69) is 27.4 Å². The van der Waals surface area contributed by atoms with Crippen LogP contribution in [-0.4, -0.2) is 5.91 Å². The number of halogens is 1. The monoisotopic (exact) mass is 348 g/mol. The number of hydrogen-bond acceptors (Lipinski definition) is 3. The quantitative estimate of drug-likeness (QED) is 0.506. The molecule has 0 aliphatic heterocycles. The summed E-state index contributed by atoms with van der Waals surface area (Å²) in [4.78, 5) is 11.5. The van der Waals surface area contributed by atoms with Gasteiger partial charge in [-0.2, -0.15) is 0 Å². The van der Waals surface area contributed by atoms with Crippen LogP contribution in [-0.2, 0) is 6.61 Å². The van der Waals surface area contributed by atoms with Crippen LogP contribution in [0.4, 0.5) is 0 Å². The minimum atomic E-state index is -0.322. The van der Waals surface area contributed by atoms with Gasteiger partial charge in [-0.05, 0) is 43.2 Å². The number of carbonyl (C=O) groups excluding carboxylic acids is 1. The van der Waals surface area contributed by atoms with Crippen molar-refractivity contribution in [2.45, 2.75) is 20.5 Å². The molecule has 0 unspecified atom stereocenters. The van der Waals surface area contributed by atoms with Crippen molar-refractivity contribution in [1.29, 1.82) is 0 Å². The van der Waals surface area contributed by atoms with Gasteiger partial charge < -0.3 is 4.74 Å². The fourth-order valence-electron chi connectivity index (χ4n) is 1.91. The minimum absolute atomic E-state index is 0.322. The van der Waals surface area contributed by atoms with Crippen molar-refractivity contribution < 1.29 is 9.53 Å². The summed E-state index contributed by atoms with van der Waals surface area (Å²) in [5.41, 5.74) is 5.82. The zero-order chi connectivity index (χ0) is 15.4. The van der Waals surface area contributed by atoms with Gasteiger partial charge >= 0.3 is 0 Å². The van der Waals surface area contributed by atoms with Crippen molar-refractivity contribution in [2.24, 2.45) is 5.84 Å². The summed E-state index contributed by atoms with van der Waals surface area (Å²) < 4.78 is 6.67. The van der Waals surface area contributed by atoms with Crippen LogP contribution in [0.1, 0.15) is 27.0 Å². The Balaban J connectivity index is 2.13. The molecular formula is C16H17BrN2O2. The van der Waals surface area contributed by atoms with Crippen molar-refractivity contribution >= 4 is 21.8 Å². The van der Waals surface area contributed by atoms with Gasteiger partial charge in [0.25, 0.3) is 5.91 Å². The second-order valence-electron chi connectivity index (χ2n) is 4.84. The zero-order valence-electron chi connectivity index (χ0n) is 11.9. The molecule has 0 bridgehead atoms. The lowest BCUT2D eigenvalue weighted by Crippen LogP contribution is -2.29. The molecule has 1 amide bonds. The predicted octanol–water partition coefficient (Wildman–Crippen LogP) is 3.25. The number of amides is 1. The summed E-state index contributed by atoms with van der Waals surface area (Å²) in [6.07, 6.45) is 0. The van der Waals surface area contributed by atoms with Crippen molar-refractivity contribution in [1.82, 2.24) is 5.43 Å². The van der Waals surface area contributed by atoms with Gasteiger partial charge in [0, 0.05) is 15.6 Å². The van der Waals surface area contributed by atoms with Gasteiger partial charge in [-0.15, -0.1) is 0 Å². The van der Waals surface area contributed by atoms with Gasteiger partial charge in [-0.3, -0.25) is 10.2 Å². The molecule has 5 heteroatoms. The van der Waals surface area contributed by atoms with Crippen molar-refractivity contribution in [3.63, 3.8) is 0 Å². The molecule has 2 aromatic carbocycles. The first-order valence-electron chi connectivity index (χ1n) is 6.50. The standard InChI is InChI=1S/C16H17BrN2O2/c1-10-3-4-11(2)15(7-10)21-9-13-6-5-12(8-14(13)17)16(20)19-18/h3-8H,9,18H2,1-2H3,(H,19,20). The zero-order valence-corrected chi connectivity index (χ0v) is 13.5. The molecule has 0 radical (unpaired) electrons. The van der Waals surface area contributed by atoms with Gasteiger partial charge in [-0.1, -0.05) is 34.1 Å². The smallest absolute Gasteiger partial charge is 0.265 e. The Morgan fingerprint density at radius 2 is 2.00 bits per heavy atom. The van der Waals surface area contributed by atoms with Gasteiger partial charge in [-0.25, -0.2) is 5.84 Å². The van der Waals surface area contributed by atoms with E-state index in [0.29, 0.717) is 12.2 Å². The van der Waals surface area contributed by atoms with E-state index in [0.717, 1.165) is 26.9 Å². The van der Waals surface area contributed by atoms with Crippen molar-refractivity contribution in [2.75, 3.05) is 0 Å². The Labute approximate surface area is 132 Å². The number of ether oxygens (including phenoxy) is 1. The Kier molecular flexibility index (Phi) is 4.98. The fraction of sp³-hybridized carbons (Fsp3) is 0.188. The molecule has 4 nitrogen and oxygen atoms in total. The summed E-state index contributed by atoms with van der Waals surface area (Å²) in [5, 5.41) is 0. The molecule has 0 heterocycles. The highest BCUT2D eigenvalue weighted by molar-refractivity contribution is 9.10. The lowest BCUT2D eigenvalue weighted by molar-refractivity contribution is 0.0953. The number of nitrogens with two attached hydrogens (primary N) is 1. The highest BCUT2D eigenvalue weighted by Gasteiger charge is 2.08. The summed E-state index contributed by atoms with van der Waals surface area (Å²) in [6.45, 7) is 4.47. The number of nitrogens with one attached hydrogen (secondary N) is 1. The van der Waals surface area contributed by atoms with Gasteiger partial charge in [0.1, 0.15) is 12.4 Å². The van der Waals surface area contributed by atoms with E-state index in [1.165, 1.54) is 0 Å². The molecule has 21 heavy (non-hydrogen) atoms. The fourth-order valence-corrected chi connectivity index (χ4v) is 2.40. The average Bonchev–Trinajstić information content (AvgIpc) is 2.48. The molecule has 0 aromatic heterocycles. The molecular weight excluding hydrogens is 332 g/mol. The number of aryl methyl sites for hydroxylation is 2. The first-order chi connectivity index (χ1) is 10.0. The molecule has 2 rings (SSSR count). The molecule has 0 aliphatic carbocycles. The molecule has 0 saturated heterocycles. The molecule has 0 spiro atoms.